The Bertz CT molecular complexity index is 786. The van der Waals surface area contributed by atoms with Crippen LogP contribution in [-0.4, -0.2) is 65.4 Å². The summed E-state index contributed by atoms with van der Waals surface area (Å²) in [5, 5.41) is 2.97. The van der Waals surface area contributed by atoms with E-state index in [-0.39, 0.29) is 17.2 Å². The minimum atomic E-state index is -0.443. The van der Waals surface area contributed by atoms with Crippen LogP contribution in [0.3, 0.4) is 0 Å². The number of amides is 2. The number of hydrogen-bond acceptors (Lipinski definition) is 4. The maximum Gasteiger partial charge on any atom is 0.270 e. The Morgan fingerprint density at radius 2 is 1.97 bits per heavy atom. The number of aromatic nitrogens is 1. The first-order chi connectivity index (χ1) is 14.6. The van der Waals surface area contributed by atoms with E-state index in [9.17, 15) is 9.59 Å². The van der Waals surface area contributed by atoms with Crippen LogP contribution in [-0.2, 0) is 10.2 Å². The van der Waals surface area contributed by atoms with Crippen molar-refractivity contribution in [2.45, 2.75) is 89.8 Å². The Balaban J connectivity index is 1.66. The van der Waals surface area contributed by atoms with E-state index >= 15 is 0 Å². The molecule has 2 aliphatic rings. The molecule has 2 heterocycles. The van der Waals surface area contributed by atoms with Gasteiger partial charge in [0.15, 0.2) is 0 Å². The lowest BCUT2D eigenvalue weighted by Gasteiger charge is -2.43. The first-order valence-corrected chi connectivity index (χ1v) is 11.9. The van der Waals surface area contributed by atoms with Crippen molar-refractivity contribution < 1.29 is 9.59 Å². The van der Waals surface area contributed by atoms with Crippen LogP contribution in [0.1, 0.15) is 82.4 Å². The molecule has 4 atom stereocenters. The zero-order valence-corrected chi connectivity index (χ0v) is 20.1. The summed E-state index contributed by atoms with van der Waals surface area (Å²) >= 11 is 0. The predicted octanol–water partition coefficient (Wildman–Crippen LogP) is 3.61. The van der Waals surface area contributed by atoms with Gasteiger partial charge in [-0.15, -0.1) is 0 Å². The molecular formula is C25H40N4O2. The number of nitrogens with one attached hydrogen (secondary N) is 1. The normalized spacial score (nSPS) is 27.1. The molecule has 1 aromatic rings. The quantitative estimate of drug-likeness (QED) is 0.752. The van der Waals surface area contributed by atoms with Gasteiger partial charge < -0.3 is 15.1 Å². The van der Waals surface area contributed by atoms with Gasteiger partial charge >= 0.3 is 0 Å². The van der Waals surface area contributed by atoms with Gasteiger partial charge in [-0.25, -0.2) is 4.98 Å². The maximum absolute atomic E-state index is 13.2. The molecule has 1 aromatic heterocycles. The molecule has 172 valence electrons. The van der Waals surface area contributed by atoms with Crippen LogP contribution >= 0.6 is 0 Å². The molecule has 1 N–H and O–H groups in total. The summed E-state index contributed by atoms with van der Waals surface area (Å²) in [5.41, 5.74) is 1.13. The van der Waals surface area contributed by atoms with Crippen LogP contribution in [0.25, 0.3) is 0 Å². The van der Waals surface area contributed by atoms with Crippen LogP contribution in [0.4, 0.5) is 0 Å². The molecular weight excluding hydrogens is 388 g/mol. The zero-order chi connectivity index (χ0) is 22.8. The van der Waals surface area contributed by atoms with E-state index in [1.807, 2.05) is 12.1 Å². The molecule has 1 saturated heterocycles. The highest BCUT2D eigenvalue weighted by molar-refractivity contribution is 5.96. The Hall–Kier alpha value is -1.95. The second kappa shape index (κ2) is 9.68. The molecule has 2 fully saturated rings. The Morgan fingerprint density at radius 1 is 1.23 bits per heavy atom. The van der Waals surface area contributed by atoms with Crippen LogP contribution < -0.4 is 5.32 Å². The molecule has 31 heavy (non-hydrogen) atoms. The number of carbonyl (C=O) groups is 2. The first kappa shape index (κ1) is 23.7. The summed E-state index contributed by atoms with van der Waals surface area (Å²) in [6.45, 7) is 9.19. The van der Waals surface area contributed by atoms with E-state index in [1.54, 1.807) is 6.07 Å². The summed E-state index contributed by atoms with van der Waals surface area (Å²) in [4.78, 5) is 35.0. The van der Waals surface area contributed by atoms with E-state index in [2.05, 4.69) is 61.9 Å². The van der Waals surface area contributed by atoms with Crippen molar-refractivity contribution in [2.75, 3.05) is 20.6 Å². The molecule has 0 aromatic carbocycles. The molecule has 1 unspecified atom stereocenters. The molecule has 2 amide bonds. The van der Waals surface area contributed by atoms with Gasteiger partial charge in [0.25, 0.3) is 5.91 Å². The summed E-state index contributed by atoms with van der Waals surface area (Å²) in [6.07, 6.45) is 6.29. The molecule has 6 heteroatoms. The molecule has 1 aliphatic carbocycles. The lowest BCUT2D eigenvalue weighted by atomic mass is 9.78. The first-order valence-electron chi connectivity index (χ1n) is 11.9. The van der Waals surface area contributed by atoms with E-state index in [1.165, 1.54) is 0 Å². The number of rotatable bonds is 6. The predicted molar refractivity (Wildman–Crippen MR) is 124 cm³/mol. The smallest absolute Gasteiger partial charge is 0.270 e. The number of hydrogen-bond donors (Lipinski definition) is 1. The van der Waals surface area contributed by atoms with Gasteiger partial charge in [0.1, 0.15) is 11.7 Å². The Labute approximate surface area is 187 Å². The van der Waals surface area contributed by atoms with Crippen molar-refractivity contribution in [3.63, 3.8) is 0 Å². The maximum atomic E-state index is 13.2. The van der Waals surface area contributed by atoms with Crippen molar-refractivity contribution in [2.24, 2.45) is 5.92 Å². The third-order valence-corrected chi connectivity index (χ3v) is 7.00. The fourth-order valence-electron chi connectivity index (χ4n) is 5.16. The summed E-state index contributed by atoms with van der Waals surface area (Å²) in [6, 6.07) is 5.99. The van der Waals surface area contributed by atoms with Crippen molar-refractivity contribution in [3.05, 3.63) is 29.6 Å². The molecule has 3 rings (SSSR count). The average molecular weight is 429 g/mol. The fourth-order valence-corrected chi connectivity index (χ4v) is 5.16. The van der Waals surface area contributed by atoms with Crippen LogP contribution in [0.2, 0.25) is 0 Å². The third-order valence-electron chi connectivity index (χ3n) is 7.00. The van der Waals surface area contributed by atoms with Crippen LogP contribution in [0, 0.1) is 5.92 Å². The van der Waals surface area contributed by atoms with Gasteiger partial charge in [-0.2, -0.15) is 0 Å². The number of carbonyl (C=O) groups excluding carboxylic acids is 2. The number of nitrogens with zero attached hydrogens (tertiary/aromatic N) is 3. The molecule has 0 radical (unpaired) electrons. The Morgan fingerprint density at radius 3 is 2.61 bits per heavy atom. The molecule has 1 saturated carbocycles. The highest BCUT2D eigenvalue weighted by Crippen LogP contribution is 2.35. The lowest BCUT2D eigenvalue weighted by Crippen LogP contribution is -2.50. The Kier molecular flexibility index (Phi) is 7.40. The van der Waals surface area contributed by atoms with Gasteiger partial charge in [0, 0.05) is 29.7 Å². The largest absolute Gasteiger partial charge is 0.339 e. The van der Waals surface area contributed by atoms with E-state index in [0.29, 0.717) is 30.1 Å². The summed E-state index contributed by atoms with van der Waals surface area (Å²) < 4.78 is 0. The van der Waals surface area contributed by atoms with Crippen molar-refractivity contribution in [1.29, 1.82) is 0 Å². The highest BCUT2D eigenvalue weighted by Gasteiger charge is 2.42. The molecule has 0 bridgehead atoms. The van der Waals surface area contributed by atoms with Crippen LogP contribution in [0.15, 0.2) is 18.2 Å². The van der Waals surface area contributed by atoms with E-state index < -0.39 is 6.04 Å². The topological polar surface area (TPSA) is 65.5 Å². The highest BCUT2D eigenvalue weighted by atomic mass is 16.2. The van der Waals surface area contributed by atoms with Crippen LogP contribution in [0.5, 0.6) is 0 Å². The summed E-state index contributed by atoms with van der Waals surface area (Å²) in [7, 11) is 4.31. The number of likely N-dealkylation sites (tertiary alicyclic amines) is 1. The monoisotopic (exact) mass is 428 g/mol. The number of pyridine rings is 1. The van der Waals surface area contributed by atoms with Gasteiger partial charge in [-0.05, 0) is 64.3 Å². The van der Waals surface area contributed by atoms with Crippen molar-refractivity contribution in [1.82, 2.24) is 20.1 Å². The van der Waals surface area contributed by atoms with E-state index in [0.717, 1.165) is 44.3 Å². The third kappa shape index (κ3) is 5.46. The second-order valence-corrected chi connectivity index (χ2v) is 10.6. The molecule has 6 nitrogen and oxygen atoms in total. The second-order valence-electron chi connectivity index (χ2n) is 10.6. The lowest BCUT2D eigenvalue weighted by molar-refractivity contribution is -0.133. The SMILES string of the molecule is CCC[C@@H]1C[C@H](N(C)C)CC[C@@H]1N1CCC(NC(=O)c2cccc(C(C)(C)C)n2)C1=O. The zero-order valence-electron chi connectivity index (χ0n) is 20.1. The molecule has 1 aliphatic heterocycles. The van der Waals surface area contributed by atoms with Crippen molar-refractivity contribution >= 4 is 11.8 Å². The standard InChI is InChI=1S/C25H40N4O2/c1-7-9-17-16-18(28(5)6)12-13-21(17)29-15-14-20(24(29)31)27-23(30)19-10-8-11-22(26-19)25(2,3)4/h8,10-11,17-18,20-21H,7,9,12-16H2,1-6H3,(H,27,30)/t17-,18-,20?,21+/m1/s1. The van der Waals surface area contributed by atoms with Crippen molar-refractivity contribution in [3.8, 4) is 0 Å². The van der Waals surface area contributed by atoms with Gasteiger partial charge in [-0.1, -0.05) is 40.2 Å². The van der Waals surface area contributed by atoms with Gasteiger partial charge in [0.2, 0.25) is 5.91 Å². The minimum absolute atomic E-state index is 0.0785. The van der Waals surface area contributed by atoms with Gasteiger partial charge in [-0.3, -0.25) is 9.59 Å². The minimum Gasteiger partial charge on any atom is -0.339 e. The van der Waals surface area contributed by atoms with E-state index in [4.69, 9.17) is 0 Å². The molecule has 0 spiro atoms. The summed E-state index contributed by atoms with van der Waals surface area (Å²) in [5.74, 6) is 0.358. The average Bonchev–Trinajstić information content (AvgIpc) is 3.07. The fraction of sp³-hybridized carbons (Fsp3) is 0.720. The van der Waals surface area contributed by atoms with Gasteiger partial charge in [0.05, 0.1) is 0 Å².